The molecule has 0 saturated carbocycles. The van der Waals surface area contributed by atoms with Gasteiger partial charge in [-0.2, -0.15) is 0 Å². The van der Waals surface area contributed by atoms with Crippen LogP contribution < -0.4 is 5.73 Å². The molecule has 108 valence electrons. The van der Waals surface area contributed by atoms with Crippen LogP contribution in [-0.4, -0.2) is 36.5 Å². The molecule has 1 aromatic rings. The van der Waals surface area contributed by atoms with Crippen LogP contribution in [0.1, 0.15) is 29.6 Å². The normalized spacial score (nSPS) is 18.7. The maximum absolute atomic E-state index is 12.6. The molecule has 2 N–H and O–H groups in total. The molecular weight excluding hydrogens is 280 g/mol. The Kier molecular flexibility index (Phi) is 4.49. The third kappa shape index (κ3) is 2.88. The number of anilines is 1. The van der Waals surface area contributed by atoms with E-state index < -0.39 is 6.04 Å². The van der Waals surface area contributed by atoms with E-state index in [0.29, 0.717) is 29.2 Å². The van der Waals surface area contributed by atoms with Crippen LogP contribution in [-0.2, 0) is 9.53 Å². The molecule has 6 heteroatoms. The standard InChI is InChI=1S/C14H17ClN2O3/c1-20-14(19)12-4-2-3-7-17(12)13(18)10-6-5-9(15)8-11(10)16/h5-6,8,12H,2-4,7,16H2,1H3. The van der Waals surface area contributed by atoms with E-state index in [4.69, 9.17) is 22.1 Å². The summed E-state index contributed by atoms with van der Waals surface area (Å²) in [4.78, 5) is 25.9. The fraction of sp³-hybridized carbons (Fsp3) is 0.429. The average molecular weight is 297 g/mol. The van der Waals surface area contributed by atoms with Gasteiger partial charge in [-0.25, -0.2) is 4.79 Å². The zero-order chi connectivity index (χ0) is 14.7. The summed E-state index contributed by atoms with van der Waals surface area (Å²) in [6.45, 7) is 0.528. The van der Waals surface area contributed by atoms with E-state index >= 15 is 0 Å². The molecule has 1 atom stereocenters. The van der Waals surface area contributed by atoms with Crippen molar-refractivity contribution in [3.63, 3.8) is 0 Å². The van der Waals surface area contributed by atoms with Crippen LogP contribution in [0.5, 0.6) is 0 Å². The topological polar surface area (TPSA) is 72.6 Å². The van der Waals surface area contributed by atoms with Gasteiger partial charge in [-0.3, -0.25) is 4.79 Å². The lowest BCUT2D eigenvalue weighted by atomic mass is 10.0. The molecule has 0 radical (unpaired) electrons. The Hall–Kier alpha value is -1.75. The minimum Gasteiger partial charge on any atom is -0.467 e. The molecule has 0 aromatic heterocycles. The fourth-order valence-electron chi connectivity index (χ4n) is 2.44. The van der Waals surface area contributed by atoms with Crippen molar-refractivity contribution in [1.29, 1.82) is 0 Å². The molecule has 1 saturated heterocycles. The maximum atomic E-state index is 12.6. The van der Waals surface area contributed by atoms with Crippen LogP contribution in [0, 0.1) is 0 Å². The summed E-state index contributed by atoms with van der Waals surface area (Å²) in [7, 11) is 1.33. The number of esters is 1. The molecule has 1 aliphatic heterocycles. The van der Waals surface area contributed by atoms with Crippen molar-refractivity contribution >= 4 is 29.2 Å². The smallest absolute Gasteiger partial charge is 0.328 e. The Balaban J connectivity index is 2.27. The molecule has 1 aromatic carbocycles. The Bertz CT molecular complexity index is 533. The van der Waals surface area contributed by atoms with E-state index in [9.17, 15) is 9.59 Å². The molecule has 5 nitrogen and oxygen atoms in total. The van der Waals surface area contributed by atoms with E-state index in [-0.39, 0.29) is 11.9 Å². The largest absolute Gasteiger partial charge is 0.467 e. The van der Waals surface area contributed by atoms with Gasteiger partial charge in [0.2, 0.25) is 0 Å². The highest BCUT2D eigenvalue weighted by atomic mass is 35.5. The zero-order valence-electron chi connectivity index (χ0n) is 11.3. The highest BCUT2D eigenvalue weighted by Crippen LogP contribution is 2.24. The molecule has 2 rings (SSSR count). The number of hydrogen-bond donors (Lipinski definition) is 1. The van der Waals surface area contributed by atoms with Gasteiger partial charge in [-0.15, -0.1) is 0 Å². The predicted molar refractivity (Wildman–Crippen MR) is 76.6 cm³/mol. The van der Waals surface area contributed by atoms with E-state index in [1.807, 2.05) is 0 Å². The Morgan fingerprint density at radius 3 is 2.80 bits per heavy atom. The quantitative estimate of drug-likeness (QED) is 0.670. The van der Waals surface area contributed by atoms with Crippen LogP contribution in [0.15, 0.2) is 18.2 Å². The summed E-state index contributed by atoms with van der Waals surface area (Å²) in [6, 6.07) is 4.20. The van der Waals surface area contributed by atoms with Gasteiger partial charge in [0.05, 0.1) is 12.7 Å². The van der Waals surface area contributed by atoms with E-state index in [0.717, 1.165) is 12.8 Å². The van der Waals surface area contributed by atoms with E-state index in [1.165, 1.54) is 18.1 Å². The molecular formula is C14H17ClN2O3. The van der Waals surface area contributed by atoms with Gasteiger partial charge in [0.25, 0.3) is 5.91 Å². The van der Waals surface area contributed by atoms with Gasteiger partial charge in [-0.05, 0) is 37.5 Å². The highest BCUT2D eigenvalue weighted by molar-refractivity contribution is 6.31. The lowest BCUT2D eigenvalue weighted by molar-refractivity contribution is -0.147. The minimum absolute atomic E-state index is 0.255. The van der Waals surface area contributed by atoms with Crippen LogP contribution in [0.25, 0.3) is 0 Å². The first kappa shape index (κ1) is 14.7. The molecule has 0 spiro atoms. The number of carbonyl (C=O) groups is 2. The lowest BCUT2D eigenvalue weighted by Gasteiger charge is -2.34. The van der Waals surface area contributed by atoms with Crippen molar-refractivity contribution in [3.8, 4) is 0 Å². The molecule has 0 aliphatic carbocycles. The average Bonchev–Trinajstić information content (AvgIpc) is 2.46. The third-order valence-electron chi connectivity index (χ3n) is 3.48. The monoisotopic (exact) mass is 296 g/mol. The number of carbonyl (C=O) groups excluding carboxylic acids is 2. The number of amides is 1. The number of ether oxygens (including phenoxy) is 1. The lowest BCUT2D eigenvalue weighted by Crippen LogP contribution is -2.48. The molecule has 1 aliphatic rings. The van der Waals surface area contributed by atoms with Crippen molar-refractivity contribution in [1.82, 2.24) is 4.90 Å². The SMILES string of the molecule is COC(=O)C1CCCCN1C(=O)c1ccc(Cl)cc1N. The Morgan fingerprint density at radius 2 is 2.15 bits per heavy atom. The van der Waals surface area contributed by atoms with E-state index in [1.54, 1.807) is 12.1 Å². The molecule has 1 unspecified atom stereocenters. The second-order valence-corrected chi connectivity index (χ2v) is 5.20. The number of rotatable bonds is 2. The summed E-state index contributed by atoms with van der Waals surface area (Å²) in [5, 5.41) is 0.474. The predicted octanol–water partition coefficient (Wildman–Crippen LogP) is 2.09. The number of methoxy groups -OCH3 is 1. The van der Waals surface area contributed by atoms with Gasteiger partial charge >= 0.3 is 5.97 Å². The van der Waals surface area contributed by atoms with Crippen LogP contribution >= 0.6 is 11.6 Å². The van der Waals surface area contributed by atoms with Crippen molar-refractivity contribution < 1.29 is 14.3 Å². The number of benzene rings is 1. The number of nitrogen functional groups attached to an aromatic ring is 1. The van der Waals surface area contributed by atoms with Crippen LogP contribution in [0.3, 0.4) is 0 Å². The van der Waals surface area contributed by atoms with Crippen LogP contribution in [0.4, 0.5) is 5.69 Å². The van der Waals surface area contributed by atoms with Gasteiger partial charge in [0.15, 0.2) is 0 Å². The summed E-state index contributed by atoms with van der Waals surface area (Å²) in [5.41, 5.74) is 6.52. The Morgan fingerprint density at radius 1 is 1.40 bits per heavy atom. The van der Waals surface area contributed by atoms with Gasteiger partial charge in [0.1, 0.15) is 6.04 Å². The summed E-state index contributed by atoms with van der Waals surface area (Å²) in [5.74, 6) is -0.639. The van der Waals surface area contributed by atoms with Crippen molar-refractivity contribution in [2.75, 3.05) is 19.4 Å². The number of likely N-dealkylation sites (tertiary alicyclic amines) is 1. The fourth-order valence-corrected chi connectivity index (χ4v) is 2.62. The number of hydrogen-bond acceptors (Lipinski definition) is 4. The summed E-state index contributed by atoms with van der Waals surface area (Å²) < 4.78 is 4.77. The second kappa shape index (κ2) is 6.13. The van der Waals surface area contributed by atoms with Gasteiger partial charge in [0, 0.05) is 17.3 Å². The minimum atomic E-state index is -0.531. The molecule has 1 heterocycles. The number of nitrogens with zero attached hydrogens (tertiary/aromatic N) is 1. The number of halogens is 1. The first-order valence-electron chi connectivity index (χ1n) is 6.48. The first-order chi connectivity index (χ1) is 9.54. The molecule has 0 bridgehead atoms. The molecule has 20 heavy (non-hydrogen) atoms. The van der Waals surface area contributed by atoms with Crippen LogP contribution in [0.2, 0.25) is 5.02 Å². The van der Waals surface area contributed by atoms with Crippen molar-refractivity contribution in [2.24, 2.45) is 0 Å². The third-order valence-corrected chi connectivity index (χ3v) is 3.72. The second-order valence-electron chi connectivity index (χ2n) is 4.76. The summed E-state index contributed by atoms with van der Waals surface area (Å²) in [6.07, 6.45) is 2.39. The maximum Gasteiger partial charge on any atom is 0.328 e. The van der Waals surface area contributed by atoms with Gasteiger partial charge in [-0.1, -0.05) is 11.6 Å². The molecule has 1 fully saturated rings. The summed E-state index contributed by atoms with van der Waals surface area (Å²) >= 11 is 5.83. The highest BCUT2D eigenvalue weighted by Gasteiger charge is 2.33. The Labute approximate surface area is 122 Å². The van der Waals surface area contributed by atoms with Crippen molar-refractivity contribution in [3.05, 3.63) is 28.8 Å². The molecule has 1 amide bonds. The first-order valence-corrected chi connectivity index (χ1v) is 6.86. The van der Waals surface area contributed by atoms with Gasteiger partial charge < -0.3 is 15.4 Å². The number of nitrogens with two attached hydrogens (primary N) is 1. The van der Waals surface area contributed by atoms with E-state index in [2.05, 4.69) is 0 Å². The zero-order valence-corrected chi connectivity index (χ0v) is 12.0. The number of piperidine rings is 1. The van der Waals surface area contributed by atoms with Crippen molar-refractivity contribution in [2.45, 2.75) is 25.3 Å².